The molecule has 3 rings (SSSR count). The quantitative estimate of drug-likeness (QED) is 0.863. The first-order chi connectivity index (χ1) is 11.9. The molecule has 1 aromatic carbocycles. The number of thioether (sulfide) groups is 1. The minimum Gasteiger partial charge on any atom is -0.379 e. The second-order valence-electron chi connectivity index (χ2n) is 6.64. The van der Waals surface area contributed by atoms with Crippen molar-refractivity contribution < 1.29 is 9.18 Å². The average molecular weight is 359 g/mol. The molecule has 2 aliphatic rings. The van der Waals surface area contributed by atoms with E-state index in [0.717, 1.165) is 17.7 Å². The largest absolute Gasteiger partial charge is 0.379 e. The molecule has 0 radical (unpaired) electrons. The first-order valence-electron chi connectivity index (χ1n) is 8.31. The summed E-state index contributed by atoms with van der Waals surface area (Å²) in [4.78, 5) is 17.2. The van der Waals surface area contributed by atoms with Crippen LogP contribution in [0.5, 0.6) is 0 Å². The Bertz CT molecular complexity index is 787. The molecule has 0 aromatic heterocycles. The number of hydrogen-bond acceptors (Lipinski definition) is 4. The van der Waals surface area contributed by atoms with Crippen LogP contribution in [-0.2, 0) is 4.79 Å². The van der Waals surface area contributed by atoms with Crippen molar-refractivity contribution in [3.8, 4) is 0 Å². The predicted molar refractivity (Wildman–Crippen MR) is 102 cm³/mol. The van der Waals surface area contributed by atoms with Crippen LogP contribution in [0.3, 0.4) is 0 Å². The molecule has 1 heterocycles. The number of carbonyl (C=O) groups excluding carboxylic acids is 1. The Balaban J connectivity index is 1.77. The molecule has 0 fully saturated rings. The number of nitrogens with two attached hydrogens (primary N) is 1. The third-order valence-electron chi connectivity index (χ3n) is 4.66. The summed E-state index contributed by atoms with van der Waals surface area (Å²) in [7, 11) is 0. The van der Waals surface area contributed by atoms with E-state index in [9.17, 15) is 9.18 Å². The van der Waals surface area contributed by atoms with E-state index in [1.165, 1.54) is 6.07 Å². The molecule has 1 aromatic rings. The molecular weight excluding hydrogens is 337 g/mol. The van der Waals surface area contributed by atoms with E-state index in [1.807, 2.05) is 25.2 Å². The fourth-order valence-electron chi connectivity index (χ4n) is 3.02. The van der Waals surface area contributed by atoms with Crippen LogP contribution >= 0.6 is 11.8 Å². The highest BCUT2D eigenvalue weighted by atomic mass is 32.2. The van der Waals surface area contributed by atoms with Crippen LogP contribution in [0.1, 0.15) is 25.3 Å². The molecule has 132 valence electrons. The van der Waals surface area contributed by atoms with E-state index in [0.29, 0.717) is 22.8 Å². The summed E-state index contributed by atoms with van der Waals surface area (Å²) in [5.74, 6) is 0.147. The standard InChI is InChI=1S/C19H22FN3OS/c1-12-6-7-15(11-16(12)20)22-17(24)13-4-3-5-14(10-13)19(2)8-9-25-18(21)23-19/h3,5-7,10-11,13H,4,8-9H2,1-2H3,(H2,21,23)(H,22,24). The number of benzene rings is 1. The van der Waals surface area contributed by atoms with Crippen LogP contribution < -0.4 is 11.1 Å². The first kappa shape index (κ1) is 17.7. The van der Waals surface area contributed by atoms with Gasteiger partial charge in [0.25, 0.3) is 0 Å². The number of amides is 1. The number of amidine groups is 1. The number of nitrogens with zero attached hydrogens (tertiary/aromatic N) is 1. The molecular formula is C19H22FN3OS. The fourth-order valence-corrected chi connectivity index (χ4v) is 4.00. The zero-order valence-electron chi connectivity index (χ0n) is 14.4. The van der Waals surface area contributed by atoms with Gasteiger partial charge in [0.05, 0.1) is 11.5 Å². The van der Waals surface area contributed by atoms with Crippen molar-refractivity contribution in [3.05, 3.63) is 53.4 Å². The number of rotatable bonds is 3. The Morgan fingerprint density at radius 2 is 2.28 bits per heavy atom. The molecule has 4 nitrogen and oxygen atoms in total. The van der Waals surface area contributed by atoms with Crippen molar-refractivity contribution in [1.29, 1.82) is 0 Å². The van der Waals surface area contributed by atoms with Gasteiger partial charge >= 0.3 is 0 Å². The number of aryl methyl sites for hydroxylation is 1. The van der Waals surface area contributed by atoms with Gasteiger partial charge in [-0.3, -0.25) is 9.79 Å². The molecule has 0 saturated carbocycles. The topological polar surface area (TPSA) is 67.5 Å². The Morgan fingerprint density at radius 3 is 3.00 bits per heavy atom. The maximum Gasteiger partial charge on any atom is 0.231 e. The summed E-state index contributed by atoms with van der Waals surface area (Å²) >= 11 is 1.56. The molecule has 1 aliphatic heterocycles. The van der Waals surface area contributed by atoms with E-state index >= 15 is 0 Å². The fraction of sp³-hybridized carbons (Fsp3) is 0.368. The lowest BCUT2D eigenvalue weighted by atomic mass is 9.83. The van der Waals surface area contributed by atoms with Gasteiger partial charge in [-0.15, -0.1) is 0 Å². The molecule has 1 amide bonds. The summed E-state index contributed by atoms with van der Waals surface area (Å²) in [6.45, 7) is 3.74. The van der Waals surface area contributed by atoms with E-state index in [-0.39, 0.29) is 23.2 Å². The summed E-state index contributed by atoms with van der Waals surface area (Å²) in [6, 6.07) is 4.72. The third-order valence-corrected chi connectivity index (χ3v) is 5.46. The molecule has 2 unspecified atom stereocenters. The maximum atomic E-state index is 13.7. The van der Waals surface area contributed by atoms with Crippen molar-refractivity contribution in [2.75, 3.05) is 11.1 Å². The van der Waals surface area contributed by atoms with Crippen molar-refractivity contribution in [2.24, 2.45) is 16.6 Å². The number of nitrogens with one attached hydrogen (secondary N) is 1. The van der Waals surface area contributed by atoms with Gasteiger partial charge in [-0.05, 0) is 50.0 Å². The minimum atomic E-state index is -0.388. The van der Waals surface area contributed by atoms with Gasteiger partial charge in [-0.1, -0.05) is 36.1 Å². The number of carbonyl (C=O) groups is 1. The van der Waals surface area contributed by atoms with E-state index in [4.69, 9.17) is 5.73 Å². The lowest BCUT2D eigenvalue weighted by Crippen LogP contribution is -2.34. The molecule has 2 atom stereocenters. The summed E-state index contributed by atoms with van der Waals surface area (Å²) in [6.07, 6.45) is 7.49. The molecule has 3 N–H and O–H groups in total. The monoisotopic (exact) mass is 359 g/mol. The summed E-state index contributed by atoms with van der Waals surface area (Å²) in [5.41, 5.74) is 7.54. The Morgan fingerprint density at radius 1 is 1.48 bits per heavy atom. The molecule has 0 bridgehead atoms. The number of anilines is 1. The molecule has 0 saturated heterocycles. The highest BCUT2D eigenvalue weighted by Crippen LogP contribution is 2.35. The number of hydrogen-bond donors (Lipinski definition) is 2. The van der Waals surface area contributed by atoms with Gasteiger partial charge in [0, 0.05) is 11.4 Å². The van der Waals surface area contributed by atoms with E-state index in [1.54, 1.807) is 30.8 Å². The van der Waals surface area contributed by atoms with Crippen molar-refractivity contribution in [1.82, 2.24) is 0 Å². The zero-order valence-corrected chi connectivity index (χ0v) is 15.2. The predicted octanol–water partition coefficient (Wildman–Crippen LogP) is 3.79. The van der Waals surface area contributed by atoms with Crippen molar-refractivity contribution >= 4 is 28.5 Å². The third kappa shape index (κ3) is 3.95. The summed E-state index contributed by atoms with van der Waals surface area (Å²) in [5, 5.41) is 3.39. The SMILES string of the molecule is Cc1ccc(NC(=O)C2C=C(C3(C)CCSC(N)=N3)C=CC2)cc1F. The highest BCUT2D eigenvalue weighted by molar-refractivity contribution is 8.13. The highest BCUT2D eigenvalue weighted by Gasteiger charge is 2.32. The molecule has 6 heteroatoms. The lowest BCUT2D eigenvalue weighted by Gasteiger charge is -2.32. The van der Waals surface area contributed by atoms with Gasteiger partial charge in [0.1, 0.15) is 5.82 Å². The lowest BCUT2D eigenvalue weighted by molar-refractivity contribution is -0.118. The number of halogens is 1. The van der Waals surface area contributed by atoms with Gasteiger partial charge in [0.2, 0.25) is 5.91 Å². The molecule has 1 aliphatic carbocycles. The van der Waals surface area contributed by atoms with Crippen LogP contribution in [0.15, 0.2) is 47.0 Å². The molecule has 25 heavy (non-hydrogen) atoms. The van der Waals surface area contributed by atoms with Crippen LogP contribution in [0.2, 0.25) is 0 Å². The van der Waals surface area contributed by atoms with Crippen LogP contribution in [0.25, 0.3) is 0 Å². The van der Waals surface area contributed by atoms with Crippen molar-refractivity contribution in [2.45, 2.75) is 32.2 Å². The Kier molecular flexibility index (Phi) is 4.99. The summed E-state index contributed by atoms with van der Waals surface area (Å²) < 4.78 is 13.7. The average Bonchev–Trinajstić information content (AvgIpc) is 2.58. The second-order valence-corrected chi connectivity index (χ2v) is 7.76. The normalized spacial score (nSPS) is 26.0. The second kappa shape index (κ2) is 7.04. The van der Waals surface area contributed by atoms with Gasteiger partial charge in [-0.25, -0.2) is 4.39 Å². The Hall–Kier alpha value is -2.08. The Labute approximate surface area is 151 Å². The smallest absolute Gasteiger partial charge is 0.231 e. The van der Waals surface area contributed by atoms with Crippen LogP contribution in [0, 0.1) is 18.7 Å². The van der Waals surface area contributed by atoms with Crippen LogP contribution in [-0.4, -0.2) is 22.4 Å². The minimum absolute atomic E-state index is 0.143. The molecule has 0 spiro atoms. The number of aliphatic imine (C=N–C) groups is 1. The maximum absolute atomic E-state index is 13.7. The first-order valence-corrected chi connectivity index (χ1v) is 9.30. The van der Waals surface area contributed by atoms with Crippen LogP contribution in [0.4, 0.5) is 10.1 Å². The number of allylic oxidation sites excluding steroid dienone is 1. The van der Waals surface area contributed by atoms with E-state index in [2.05, 4.69) is 10.3 Å². The van der Waals surface area contributed by atoms with Gasteiger partial charge in [0.15, 0.2) is 5.17 Å². The van der Waals surface area contributed by atoms with Crippen molar-refractivity contribution in [3.63, 3.8) is 0 Å². The van der Waals surface area contributed by atoms with E-state index < -0.39 is 0 Å². The zero-order chi connectivity index (χ0) is 18.0. The van der Waals surface area contributed by atoms with Gasteiger partial charge in [-0.2, -0.15) is 0 Å². The van der Waals surface area contributed by atoms with Gasteiger partial charge < -0.3 is 11.1 Å².